The zero-order valence-corrected chi connectivity index (χ0v) is 21.8. The fourth-order valence-electron chi connectivity index (χ4n) is 4.13. The summed E-state index contributed by atoms with van der Waals surface area (Å²) in [5.74, 6) is -1.38. The van der Waals surface area contributed by atoms with Gasteiger partial charge in [0.1, 0.15) is 17.3 Å². The van der Waals surface area contributed by atoms with Crippen molar-refractivity contribution in [3.05, 3.63) is 107 Å². The number of nitrogens with zero attached hydrogens (tertiary/aromatic N) is 3. The molecule has 0 spiro atoms. The lowest BCUT2D eigenvalue weighted by molar-refractivity contribution is -0.132. The van der Waals surface area contributed by atoms with E-state index in [1.807, 2.05) is 37.3 Å². The van der Waals surface area contributed by atoms with Gasteiger partial charge in [-0.2, -0.15) is 0 Å². The number of benzene rings is 3. The standard InChI is InChI=1S/C28H22FN3O4S2/c1-2-36-21-10-6-9-19(15-21)23-22(24(33)18-11-13-20(29)14-12-18)25(34)26(35)32(23)27-30-31-28(38-27)37-16-17-7-4-3-5-8-17/h3-15,23,33H,2,16H2,1H3. The Bertz CT molecular complexity index is 1510. The normalized spacial score (nSPS) is 16.7. The Morgan fingerprint density at radius 3 is 2.55 bits per heavy atom. The summed E-state index contributed by atoms with van der Waals surface area (Å²) < 4.78 is 19.8. The fraction of sp³-hybridized carbons (Fsp3) is 0.143. The van der Waals surface area contributed by atoms with Gasteiger partial charge in [0.25, 0.3) is 5.78 Å². The molecule has 10 heteroatoms. The molecule has 1 aliphatic heterocycles. The van der Waals surface area contributed by atoms with E-state index in [2.05, 4.69) is 10.2 Å². The van der Waals surface area contributed by atoms with Gasteiger partial charge in [-0.05, 0) is 54.4 Å². The van der Waals surface area contributed by atoms with Crippen LogP contribution in [0.25, 0.3) is 5.76 Å². The third-order valence-electron chi connectivity index (χ3n) is 5.85. The highest BCUT2D eigenvalue weighted by atomic mass is 32.2. The van der Waals surface area contributed by atoms with Gasteiger partial charge < -0.3 is 9.84 Å². The number of hydrogen-bond donors (Lipinski definition) is 1. The van der Waals surface area contributed by atoms with Crippen molar-refractivity contribution in [3.8, 4) is 5.75 Å². The molecule has 4 aromatic rings. The predicted octanol–water partition coefficient (Wildman–Crippen LogP) is 5.99. The first-order valence-corrected chi connectivity index (χ1v) is 13.6. The van der Waals surface area contributed by atoms with Crippen molar-refractivity contribution in [2.45, 2.75) is 23.1 Å². The first-order valence-electron chi connectivity index (χ1n) is 11.8. The van der Waals surface area contributed by atoms with E-state index in [0.29, 0.717) is 28.0 Å². The number of rotatable bonds is 8. The molecule has 1 unspecified atom stereocenters. The average Bonchev–Trinajstić information content (AvgIpc) is 3.50. The quantitative estimate of drug-likeness (QED) is 0.0952. The van der Waals surface area contributed by atoms with E-state index in [-0.39, 0.29) is 16.3 Å². The molecule has 0 aliphatic carbocycles. The highest BCUT2D eigenvalue weighted by molar-refractivity contribution is 8.00. The number of ether oxygens (including phenoxy) is 1. The van der Waals surface area contributed by atoms with Crippen LogP contribution in [0.2, 0.25) is 0 Å². The molecule has 0 saturated carbocycles. The molecular weight excluding hydrogens is 525 g/mol. The van der Waals surface area contributed by atoms with Gasteiger partial charge in [0.2, 0.25) is 5.13 Å². The second-order valence-corrected chi connectivity index (χ2v) is 10.5. The molecule has 1 aromatic heterocycles. The molecule has 1 atom stereocenters. The summed E-state index contributed by atoms with van der Waals surface area (Å²) in [5, 5.41) is 19.9. The van der Waals surface area contributed by atoms with Crippen LogP contribution in [0.15, 0.2) is 88.8 Å². The predicted molar refractivity (Wildman–Crippen MR) is 145 cm³/mol. The zero-order valence-electron chi connectivity index (χ0n) is 20.2. The maximum Gasteiger partial charge on any atom is 0.301 e. The first kappa shape index (κ1) is 25.6. The van der Waals surface area contributed by atoms with Gasteiger partial charge in [-0.1, -0.05) is 65.6 Å². The minimum absolute atomic E-state index is 0.121. The van der Waals surface area contributed by atoms with Gasteiger partial charge in [0, 0.05) is 11.3 Å². The van der Waals surface area contributed by atoms with Gasteiger partial charge in [0.05, 0.1) is 18.2 Å². The maximum atomic E-state index is 13.5. The number of anilines is 1. The monoisotopic (exact) mass is 547 g/mol. The minimum Gasteiger partial charge on any atom is -0.507 e. The molecule has 0 radical (unpaired) electrons. The molecule has 1 fully saturated rings. The number of carbonyl (C=O) groups excluding carboxylic acids is 2. The first-order chi connectivity index (χ1) is 18.5. The van der Waals surface area contributed by atoms with E-state index >= 15 is 0 Å². The molecule has 2 heterocycles. The smallest absolute Gasteiger partial charge is 0.301 e. The van der Waals surface area contributed by atoms with Gasteiger partial charge >= 0.3 is 5.91 Å². The SMILES string of the molecule is CCOc1cccc(C2C(=C(O)c3ccc(F)cc3)C(=O)C(=O)N2c2nnc(SCc3ccccc3)s2)c1. The van der Waals surface area contributed by atoms with Crippen LogP contribution in [0.3, 0.4) is 0 Å². The summed E-state index contributed by atoms with van der Waals surface area (Å²) in [6.45, 7) is 2.28. The van der Waals surface area contributed by atoms with E-state index in [4.69, 9.17) is 4.74 Å². The number of aromatic nitrogens is 2. The third-order valence-corrected chi connectivity index (χ3v) is 7.98. The van der Waals surface area contributed by atoms with Crippen molar-refractivity contribution in [1.82, 2.24) is 10.2 Å². The summed E-state index contributed by atoms with van der Waals surface area (Å²) in [6.07, 6.45) is 0. The topological polar surface area (TPSA) is 92.6 Å². The maximum absolute atomic E-state index is 13.5. The lowest BCUT2D eigenvalue weighted by Crippen LogP contribution is -2.29. The number of Topliss-reactive ketones (excluding diaryl/α,β-unsaturated/α-hetero) is 1. The van der Waals surface area contributed by atoms with Crippen molar-refractivity contribution in [3.63, 3.8) is 0 Å². The largest absolute Gasteiger partial charge is 0.507 e. The number of hydrogen-bond acceptors (Lipinski definition) is 8. The van der Waals surface area contributed by atoms with Crippen LogP contribution in [-0.2, 0) is 15.3 Å². The Morgan fingerprint density at radius 2 is 1.82 bits per heavy atom. The summed E-state index contributed by atoms with van der Waals surface area (Å²) >= 11 is 2.66. The van der Waals surface area contributed by atoms with Crippen molar-refractivity contribution in [2.24, 2.45) is 0 Å². The number of aliphatic hydroxyl groups is 1. The van der Waals surface area contributed by atoms with Crippen molar-refractivity contribution < 1.29 is 23.8 Å². The number of aliphatic hydroxyl groups excluding tert-OH is 1. The van der Waals surface area contributed by atoms with Crippen LogP contribution < -0.4 is 9.64 Å². The Labute approximate surface area is 226 Å². The van der Waals surface area contributed by atoms with Crippen LogP contribution in [0.5, 0.6) is 5.75 Å². The number of amides is 1. The molecule has 38 heavy (non-hydrogen) atoms. The van der Waals surface area contributed by atoms with Gasteiger partial charge in [-0.3, -0.25) is 14.5 Å². The van der Waals surface area contributed by atoms with Crippen LogP contribution in [0, 0.1) is 5.82 Å². The van der Waals surface area contributed by atoms with Crippen LogP contribution in [0.1, 0.15) is 29.7 Å². The average molecular weight is 548 g/mol. The lowest BCUT2D eigenvalue weighted by Gasteiger charge is -2.23. The van der Waals surface area contributed by atoms with Gasteiger partial charge in [-0.25, -0.2) is 4.39 Å². The molecule has 0 bridgehead atoms. The Hall–Kier alpha value is -4.02. The number of carbonyl (C=O) groups is 2. The molecule has 3 aromatic carbocycles. The Morgan fingerprint density at radius 1 is 1.05 bits per heavy atom. The van der Waals surface area contributed by atoms with Crippen LogP contribution in [0.4, 0.5) is 9.52 Å². The Kier molecular flexibility index (Phi) is 7.52. The summed E-state index contributed by atoms with van der Waals surface area (Å²) in [7, 11) is 0. The zero-order chi connectivity index (χ0) is 26.6. The molecule has 192 valence electrons. The van der Waals surface area contributed by atoms with E-state index in [0.717, 1.165) is 5.56 Å². The number of halogens is 1. The number of thioether (sulfide) groups is 1. The van der Waals surface area contributed by atoms with Crippen molar-refractivity contribution in [2.75, 3.05) is 11.5 Å². The molecule has 1 aliphatic rings. The van der Waals surface area contributed by atoms with E-state index < -0.39 is 29.3 Å². The Balaban J connectivity index is 1.56. The number of ketones is 1. The summed E-state index contributed by atoms with van der Waals surface area (Å²) in [4.78, 5) is 27.9. The summed E-state index contributed by atoms with van der Waals surface area (Å²) in [6, 6.07) is 20.9. The van der Waals surface area contributed by atoms with E-state index in [1.165, 1.54) is 52.3 Å². The highest BCUT2D eigenvalue weighted by Crippen LogP contribution is 2.44. The van der Waals surface area contributed by atoms with Crippen LogP contribution >= 0.6 is 23.1 Å². The third kappa shape index (κ3) is 5.18. The molecule has 5 rings (SSSR count). The van der Waals surface area contributed by atoms with Crippen molar-refractivity contribution >= 4 is 45.7 Å². The highest BCUT2D eigenvalue weighted by Gasteiger charge is 2.48. The van der Waals surface area contributed by atoms with Crippen LogP contribution in [-0.4, -0.2) is 33.6 Å². The lowest BCUT2D eigenvalue weighted by atomic mass is 9.95. The summed E-state index contributed by atoms with van der Waals surface area (Å²) in [5.41, 5.74) is 1.75. The van der Waals surface area contributed by atoms with E-state index in [9.17, 15) is 19.1 Å². The molecule has 1 amide bonds. The van der Waals surface area contributed by atoms with Crippen molar-refractivity contribution in [1.29, 1.82) is 0 Å². The minimum atomic E-state index is -0.986. The molecular formula is C28H22FN3O4S2. The van der Waals surface area contributed by atoms with Gasteiger partial charge in [0.15, 0.2) is 4.34 Å². The molecule has 7 nitrogen and oxygen atoms in total. The van der Waals surface area contributed by atoms with Gasteiger partial charge in [-0.15, -0.1) is 10.2 Å². The second kappa shape index (κ2) is 11.2. The van der Waals surface area contributed by atoms with E-state index in [1.54, 1.807) is 24.3 Å². The fourth-order valence-corrected chi connectivity index (χ4v) is 5.95. The second-order valence-electron chi connectivity index (χ2n) is 8.31. The molecule has 1 N–H and O–H groups in total. The molecule has 1 saturated heterocycles.